The van der Waals surface area contributed by atoms with Gasteiger partial charge in [0.05, 0.1) is 12.2 Å². The number of aliphatic hydroxyl groups is 1. The van der Waals surface area contributed by atoms with Gasteiger partial charge in [-0.2, -0.15) is 0 Å². The van der Waals surface area contributed by atoms with Crippen molar-refractivity contribution in [3.05, 3.63) is 12.7 Å². The summed E-state index contributed by atoms with van der Waals surface area (Å²) in [7, 11) is 0. The van der Waals surface area contributed by atoms with Crippen LogP contribution < -0.4 is 0 Å². The van der Waals surface area contributed by atoms with Gasteiger partial charge in [0.2, 0.25) is 0 Å². The molecule has 3 nitrogen and oxygen atoms in total. The molecule has 3 heteroatoms. The number of aliphatic hydroxyl groups excluding tert-OH is 1. The van der Waals surface area contributed by atoms with Crippen molar-refractivity contribution in [1.29, 1.82) is 0 Å². The van der Waals surface area contributed by atoms with Gasteiger partial charge in [0, 0.05) is 13.0 Å². The summed E-state index contributed by atoms with van der Waals surface area (Å²) < 4.78 is 11.8. The maximum Gasteiger partial charge on any atom is 0.157 e. The summed E-state index contributed by atoms with van der Waals surface area (Å²) in [6.45, 7) is 6.83. The van der Waals surface area contributed by atoms with Gasteiger partial charge >= 0.3 is 0 Å². The summed E-state index contributed by atoms with van der Waals surface area (Å²) in [5, 5.41) is 10.2. The molecule has 0 aromatic rings. The highest BCUT2D eigenvalue weighted by molar-refractivity contribution is 4.94. The van der Waals surface area contributed by atoms with Crippen molar-refractivity contribution in [3.63, 3.8) is 0 Å². The molecule has 1 saturated heterocycles. The van der Waals surface area contributed by atoms with Gasteiger partial charge in [-0.05, 0) is 43.9 Å². The molecule has 1 unspecified atom stereocenters. The minimum atomic E-state index is -0.247. The Morgan fingerprint density at radius 2 is 2.21 bits per heavy atom. The first kappa shape index (κ1) is 15.0. The fraction of sp³-hybridized carbons (Fsp3) is 0.875. The lowest BCUT2D eigenvalue weighted by Crippen LogP contribution is -2.31. The monoisotopic (exact) mass is 268 g/mol. The third kappa shape index (κ3) is 3.80. The number of allylic oxidation sites excluding steroid dienone is 1. The molecule has 110 valence electrons. The molecule has 2 aliphatic rings. The van der Waals surface area contributed by atoms with Gasteiger partial charge in [-0.25, -0.2) is 0 Å². The molecular weight excluding hydrogens is 240 g/mol. The fourth-order valence-electron chi connectivity index (χ4n) is 3.58. The number of rotatable bonds is 6. The average molecular weight is 268 g/mol. The Hall–Kier alpha value is -0.380. The van der Waals surface area contributed by atoms with Crippen molar-refractivity contribution in [2.75, 3.05) is 6.61 Å². The third-order valence-electron chi connectivity index (χ3n) is 4.52. The van der Waals surface area contributed by atoms with Crippen LogP contribution in [0.2, 0.25) is 0 Å². The molecular formula is C16H28O3. The molecule has 0 aromatic carbocycles. The summed E-state index contributed by atoms with van der Waals surface area (Å²) in [6, 6.07) is 0. The predicted molar refractivity (Wildman–Crippen MR) is 75.8 cm³/mol. The third-order valence-corrected chi connectivity index (χ3v) is 4.52. The van der Waals surface area contributed by atoms with Crippen LogP contribution in [-0.2, 0) is 9.47 Å². The lowest BCUT2D eigenvalue weighted by atomic mass is 9.87. The van der Waals surface area contributed by atoms with Crippen molar-refractivity contribution < 1.29 is 14.6 Å². The Balaban J connectivity index is 1.95. The van der Waals surface area contributed by atoms with Crippen LogP contribution in [0.3, 0.4) is 0 Å². The molecule has 0 spiro atoms. The van der Waals surface area contributed by atoms with E-state index in [1.54, 1.807) is 0 Å². The van der Waals surface area contributed by atoms with E-state index in [0.717, 1.165) is 45.1 Å². The molecule has 0 radical (unpaired) electrons. The summed E-state index contributed by atoms with van der Waals surface area (Å²) in [4.78, 5) is 0. The molecule has 19 heavy (non-hydrogen) atoms. The molecule has 2 fully saturated rings. The molecule has 1 heterocycles. The topological polar surface area (TPSA) is 38.7 Å². The maximum atomic E-state index is 10.2. The van der Waals surface area contributed by atoms with Crippen molar-refractivity contribution in [1.82, 2.24) is 0 Å². The van der Waals surface area contributed by atoms with Crippen LogP contribution in [0.5, 0.6) is 0 Å². The summed E-state index contributed by atoms with van der Waals surface area (Å²) >= 11 is 0. The van der Waals surface area contributed by atoms with E-state index >= 15 is 0 Å². The molecule has 2 rings (SSSR count). The first-order chi connectivity index (χ1) is 9.26. The standard InChI is InChI=1S/C16H28O3/c1-3-7-12-13(8-4-2)15(11-14(12)17)19-16-9-5-6-10-18-16/h3,12-17H,1,4-11H2,2H3/t12-,13-,14+,15-,16?/m1/s1. The lowest BCUT2D eigenvalue weighted by molar-refractivity contribution is -0.196. The summed E-state index contributed by atoms with van der Waals surface area (Å²) in [6.07, 6.45) is 9.01. The average Bonchev–Trinajstić information content (AvgIpc) is 2.69. The minimum absolute atomic E-state index is 0.0483. The highest BCUT2D eigenvalue weighted by atomic mass is 16.7. The van der Waals surface area contributed by atoms with Crippen LogP contribution in [0.1, 0.15) is 51.9 Å². The van der Waals surface area contributed by atoms with Gasteiger partial charge in [0.1, 0.15) is 0 Å². The van der Waals surface area contributed by atoms with Gasteiger partial charge < -0.3 is 14.6 Å². The Kier molecular flexibility index (Phi) is 5.86. The molecule has 0 aromatic heterocycles. The summed E-state index contributed by atoms with van der Waals surface area (Å²) in [5.41, 5.74) is 0. The van der Waals surface area contributed by atoms with E-state index in [9.17, 15) is 5.11 Å². The molecule has 1 saturated carbocycles. The molecule has 1 N–H and O–H groups in total. The zero-order chi connectivity index (χ0) is 13.7. The predicted octanol–water partition coefficient (Wildman–Crippen LogP) is 3.27. The summed E-state index contributed by atoms with van der Waals surface area (Å²) in [5.74, 6) is 0.759. The van der Waals surface area contributed by atoms with Crippen molar-refractivity contribution in [3.8, 4) is 0 Å². The zero-order valence-electron chi connectivity index (χ0n) is 12.1. The number of hydrogen-bond donors (Lipinski definition) is 1. The maximum absolute atomic E-state index is 10.2. The first-order valence-electron chi connectivity index (χ1n) is 7.82. The lowest BCUT2D eigenvalue weighted by Gasteiger charge is -2.30. The van der Waals surface area contributed by atoms with Crippen LogP contribution in [0.15, 0.2) is 12.7 Å². The largest absolute Gasteiger partial charge is 0.393 e. The van der Waals surface area contributed by atoms with Crippen LogP contribution in [0.25, 0.3) is 0 Å². The van der Waals surface area contributed by atoms with Gasteiger partial charge in [-0.1, -0.05) is 19.4 Å². The van der Waals surface area contributed by atoms with E-state index in [1.807, 2.05) is 6.08 Å². The van der Waals surface area contributed by atoms with Crippen LogP contribution >= 0.6 is 0 Å². The van der Waals surface area contributed by atoms with Crippen molar-refractivity contribution in [2.24, 2.45) is 11.8 Å². The second kappa shape index (κ2) is 7.41. The number of hydrogen-bond acceptors (Lipinski definition) is 3. The van der Waals surface area contributed by atoms with Crippen LogP contribution in [0.4, 0.5) is 0 Å². The van der Waals surface area contributed by atoms with Gasteiger partial charge in [0.25, 0.3) is 0 Å². The molecule has 5 atom stereocenters. The quantitative estimate of drug-likeness (QED) is 0.751. The van der Waals surface area contributed by atoms with E-state index < -0.39 is 0 Å². The van der Waals surface area contributed by atoms with E-state index in [1.165, 1.54) is 6.42 Å². The van der Waals surface area contributed by atoms with Crippen molar-refractivity contribution in [2.45, 2.75) is 70.4 Å². The molecule has 0 amide bonds. The first-order valence-corrected chi connectivity index (χ1v) is 7.82. The normalized spacial score (nSPS) is 39.4. The highest BCUT2D eigenvalue weighted by Crippen LogP contribution is 2.40. The molecule has 0 bridgehead atoms. The van der Waals surface area contributed by atoms with Crippen LogP contribution in [-0.4, -0.2) is 30.2 Å². The molecule has 1 aliphatic heterocycles. The van der Waals surface area contributed by atoms with Gasteiger partial charge in [-0.3, -0.25) is 0 Å². The minimum Gasteiger partial charge on any atom is -0.393 e. The Bertz CT molecular complexity index is 273. The van der Waals surface area contributed by atoms with E-state index in [0.29, 0.717) is 11.8 Å². The zero-order valence-corrected chi connectivity index (χ0v) is 12.1. The molecule has 1 aliphatic carbocycles. The Morgan fingerprint density at radius 3 is 2.84 bits per heavy atom. The van der Waals surface area contributed by atoms with Gasteiger partial charge in [-0.15, -0.1) is 6.58 Å². The van der Waals surface area contributed by atoms with E-state index in [4.69, 9.17) is 9.47 Å². The highest BCUT2D eigenvalue weighted by Gasteiger charge is 2.42. The Morgan fingerprint density at radius 1 is 1.37 bits per heavy atom. The van der Waals surface area contributed by atoms with Gasteiger partial charge in [0.15, 0.2) is 6.29 Å². The fourth-order valence-corrected chi connectivity index (χ4v) is 3.58. The smallest absolute Gasteiger partial charge is 0.157 e. The van der Waals surface area contributed by atoms with Crippen molar-refractivity contribution >= 4 is 0 Å². The Labute approximate surface area is 117 Å². The second-order valence-electron chi connectivity index (χ2n) is 5.91. The van der Waals surface area contributed by atoms with E-state index in [2.05, 4.69) is 13.5 Å². The SMILES string of the molecule is C=CC[C@@H]1[C@@H](CCC)[C@H](OC2CCCCO2)C[C@@H]1O. The van der Waals surface area contributed by atoms with Crippen LogP contribution in [0, 0.1) is 11.8 Å². The van der Waals surface area contributed by atoms with E-state index in [-0.39, 0.29) is 18.5 Å². The number of ether oxygens (including phenoxy) is 2. The second-order valence-corrected chi connectivity index (χ2v) is 5.91.